The smallest absolute Gasteiger partial charge is 0.0669 e. The maximum Gasteiger partial charge on any atom is 0.0669 e. The Morgan fingerprint density at radius 1 is 1.22 bits per heavy atom. The van der Waals surface area contributed by atoms with Crippen molar-refractivity contribution in [1.82, 2.24) is 9.88 Å². The Labute approximate surface area is 114 Å². The first-order valence-electron chi connectivity index (χ1n) is 6.65. The van der Waals surface area contributed by atoms with Gasteiger partial charge in [0.1, 0.15) is 0 Å². The molecule has 0 unspecified atom stereocenters. The number of para-hydroxylation sites is 1. The fraction of sp³-hybridized carbons (Fsp3) is 0.467. The number of rotatable bonds is 6. The van der Waals surface area contributed by atoms with Gasteiger partial charge in [-0.05, 0) is 31.5 Å². The lowest BCUT2D eigenvalue weighted by atomic mass is 10.2. The molecule has 2 rings (SSSR count). The second kappa shape index (κ2) is 6.26. The number of fused-ring (bicyclic) bond motifs is 1. The van der Waals surface area contributed by atoms with Crippen molar-refractivity contribution in [2.24, 2.45) is 0 Å². The van der Waals surface area contributed by atoms with E-state index in [2.05, 4.69) is 42.1 Å². The lowest BCUT2D eigenvalue weighted by Crippen LogP contribution is -2.23. The maximum absolute atomic E-state index is 6.25. The molecule has 1 N–H and O–H groups in total. The molecule has 0 amide bonds. The predicted octanol–water partition coefficient (Wildman–Crippen LogP) is 4.07. The van der Waals surface area contributed by atoms with Crippen LogP contribution in [0.3, 0.4) is 0 Å². The first kappa shape index (κ1) is 13.4. The molecule has 2 aromatic rings. The summed E-state index contributed by atoms with van der Waals surface area (Å²) in [5, 5.41) is 5.51. The number of hydrogen-bond donors (Lipinski definition) is 1. The van der Waals surface area contributed by atoms with E-state index in [1.54, 1.807) is 0 Å². The zero-order valence-corrected chi connectivity index (χ0v) is 11.9. The minimum atomic E-state index is 0.576. The largest absolute Gasteiger partial charge is 0.346 e. The Morgan fingerprint density at radius 3 is 2.83 bits per heavy atom. The highest BCUT2D eigenvalue weighted by Crippen LogP contribution is 2.24. The van der Waals surface area contributed by atoms with Crippen molar-refractivity contribution < 1.29 is 0 Å². The number of aryl methyl sites for hydroxylation is 1. The first-order chi connectivity index (χ1) is 8.68. The zero-order valence-electron chi connectivity index (χ0n) is 11.1. The van der Waals surface area contributed by atoms with Crippen LogP contribution in [0.25, 0.3) is 10.9 Å². The van der Waals surface area contributed by atoms with Gasteiger partial charge in [0, 0.05) is 24.2 Å². The van der Waals surface area contributed by atoms with E-state index in [0.29, 0.717) is 6.04 Å². The summed E-state index contributed by atoms with van der Waals surface area (Å²) in [4.78, 5) is 0. The zero-order chi connectivity index (χ0) is 13.0. The fourth-order valence-corrected chi connectivity index (χ4v) is 2.49. The van der Waals surface area contributed by atoms with E-state index >= 15 is 0 Å². The van der Waals surface area contributed by atoms with Crippen LogP contribution in [0.5, 0.6) is 0 Å². The average molecular weight is 265 g/mol. The average Bonchev–Trinajstić information content (AvgIpc) is 2.73. The fourth-order valence-electron chi connectivity index (χ4n) is 2.20. The summed E-state index contributed by atoms with van der Waals surface area (Å²) in [5.74, 6) is 0. The molecule has 0 aliphatic carbocycles. The summed E-state index contributed by atoms with van der Waals surface area (Å²) in [6.45, 7) is 6.48. The van der Waals surface area contributed by atoms with Gasteiger partial charge in [0.05, 0.1) is 10.5 Å². The Balaban J connectivity index is 1.92. The molecule has 0 spiro atoms. The summed E-state index contributed by atoms with van der Waals surface area (Å²) in [6.07, 6.45) is 4.50. The second-order valence-corrected chi connectivity index (χ2v) is 5.41. The Bertz CT molecular complexity index is 502. The van der Waals surface area contributed by atoms with Crippen molar-refractivity contribution in [2.45, 2.75) is 39.3 Å². The summed E-state index contributed by atoms with van der Waals surface area (Å²) < 4.78 is 2.26. The van der Waals surface area contributed by atoms with Crippen LogP contribution in [0, 0.1) is 0 Å². The van der Waals surface area contributed by atoms with Crippen LogP contribution in [0.1, 0.15) is 26.7 Å². The Hall–Kier alpha value is -0.990. The van der Waals surface area contributed by atoms with E-state index in [9.17, 15) is 0 Å². The van der Waals surface area contributed by atoms with Crippen molar-refractivity contribution in [3.63, 3.8) is 0 Å². The molecule has 0 atom stereocenters. The van der Waals surface area contributed by atoms with E-state index in [1.807, 2.05) is 12.1 Å². The summed E-state index contributed by atoms with van der Waals surface area (Å²) in [5.41, 5.74) is 1.16. The molecule has 1 aromatic heterocycles. The van der Waals surface area contributed by atoms with Crippen LogP contribution >= 0.6 is 11.6 Å². The van der Waals surface area contributed by atoms with Gasteiger partial charge < -0.3 is 9.88 Å². The van der Waals surface area contributed by atoms with Crippen LogP contribution in [-0.2, 0) is 6.54 Å². The number of nitrogens with zero attached hydrogens (tertiary/aromatic N) is 1. The molecule has 0 aliphatic rings. The van der Waals surface area contributed by atoms with Crippen molar-refractivity contribution >= 4 is 22.5 Å². The number of halogens is 1. The monoisotopic (exact) mass is 264 g/mol. The van der Waals surface area contributed by atoms with Crippen LogP contribution in [0.2, 0.25) is 5.02 Å². The third-order valence-corrected chi connectivity index (χ3v) is 3.42. The molecule has 18 heavy (non-hydrogen) atoms. The van der Waals surface area contributed by atoms with Gasteiger partial charge in [-0.1, -0.05) is 37.6 Å². The number of hydrogen-bond acceptors (Lipinski definition) is 1. The molecule has 0 saturated carbocycles. The van der Waals surface area contributed by atoms with Crippen molar-refractivity contribution in [3.8, 4) is 0 Å². The van der Waals surface area contributed by atoms with Crippen molar-refractivity contribution in [1.29, 1.82) is 0 Å². The molecule has 3 heteroatoms. The van der Waals surface area contributed by atoms with Gasteiger partial charge in [-0.3, -0.25) is 0 Å². The van der Waals surface area contributed by atoms with Gasteiger partial charge in [0.2, 0.25) is 0 Å². The Kier molecular flexibility index (Phi) is 4.67. The third kappa shape index (κ3) is 3.27. The number of nitrogens with one attached hydrogen (secondary N) is 1. The maximum atomic E-state index is 6.25. The highest BCUT2D eigenvalue weighted by Gasteiger charge is 2.04. The van der Waals surface area contributed by atoms with Crippen molar-refractivity contribution in [2.75, 3.05) is 6.54 Å². The minimum absolute atomic E-state index is 0.576. The predicted molar refractivity (Wildman–Crippen MR) is 79.3 cm³/mol. The molecule has 0 aliphatic heterocycles. The van der Waals surface area contributed by atoms with Gasteiger partial charge >= 0.3 is 0 Å². The van der Waals surface area contributed by atoms with Crippen LogP contribution in [0.4, 0.5) is 0 Å². The van der Waals surface area contributed by atoms with Crippen LogP contribution < -0.4 is 5.32 Å². The molecule has 1 aromatic carbocycles. The SMILES string of the molecule is CC(C)NCCCCn1ccc2cccc(Cl)c21. The Morgan fingerprint density at radius 2 is 2.06 bits per heavy atom. The lowest BCUT2D eigenvalue weighted by Gasteiger charge is -2.09. The number of benzene rings is 1. The highest BCUT2D eigenvalue weighted by atomic mass is 35.5. The van der Waals surface area contributed by atoms with E-state index in [4.69, 9.17) is 11.6 Å². The molecular formula is C15H21ClN2. The quantitative estimate of drug-likeness (QED) is 0.778. The van der Waals surface area contributed by atoms with Gasteiger partial charge in [-0.2, -0.15) is 0 Å². The standard InChI is InChI=1S/C15H21ClN2/c1-12(2)17-9-3-4-10-18-11-8-13-6-5-7-14(16)15(13)18/h5-8,11-12,17H,3-4,9-10H2,1-2H3. The lowest BCUT2D eigenvalue weighted by molar-refractivity contribution is 0.536. The van der Waals surface area contributed by atoms with Gasteiger partial charge in [0.15, 0.2) is 0 Å². The molecule has 0 saturated heterocycles. The summed E-state index contributed by atoms with van der Waals surface area (Å²) in [6, 6.07) is 8.78. The second-order valence-electron chi connectivity index (χ2n) is 5.00. The van der Waals surface area contributed by atoms with Gasteiger partial charge in [-0.15, -0.1) is 0 Å². The van der Waals surface area contributed by atoms with Gasteiger partial charge in [-0.25, -0.2) is 0 Å². The third-order valence-electron chi connectivity index (χ3n) is 3.12. The van der Waals surface area contributed by atoms with Crippen LogP contribution in [-0.4, -0.2) is 17.2 Å². The van der Waals surface area contributed by atoms with E-state index in [1.165, 1.54) is 18.2 Å². The van der Waals surface area contributed by atoms with Gasteiger partial charge in [0.25, 0.3) is 0 Å². The number of unbranched alkanes of at least 4 members (excludes halogenated alkanes) is 1. The van der Waals surface area contributed by atoms with E-state index in [0.717, 1.165) is 23.6 Å². The molecule has 2 nitrogen and oxygen atoms in total. The normalized spacial score (nSPS) is 11.6. The molecule has 0 bridgehead atoms. The molecular weight excluding hydrogens is 244 g/mol. The molecule has 0 fully saturated rings. The van der Waals surface area contributed by atoms with Crippen LogP contribution in [0.15, 0.2) is 30.5 Å². The first-order valence-corrected chi connectivity index (χ1v) is 7.03. The highest BCUT2D eigenvalue weighted by molar-refractivity contribution is 6.35. The van der Waals surface area contributed by atoms with E-state index in [-0.39, 0.29) is 0 Å². The van der Waals surface area contributed by atoms with Crippen molar-refractivity contribution in [3.05, 3.63) is 35.5 Å². The molecule has 1 heterocycles. The minimum Gasteiger partial charge on any atom is -0.346 e. The summed E-state index contributed by atoms with van der Waals surface area (Å²) >= 11 is 6.25. The topological polar surface area (TPSA) is 17.0 Å². The summed E-state index contributed by atoms with van der Waals surface area (Å²) in [7, 11) is 0. The van der Waals surface area contributed by atoms with E-state index < -0.39 is 0 Å². The number of aromatic nitrogens is 1. The molecule has 0 radical (unpaired) electrons. The molecule has 98 valence electrons.